The number of ketones is 1. The molecule has 0 spiro atoms. The van der Waals surface area contributed by atoms with E-state index in [1.54, 1.807) is 30.3 Å². The van der Waals surface area contributed by atoms with Crippen LogP contribution in [0.2, 0.25) is 0 Å². The third-order valence-corrected chi connectivity index (χ3v) is 2.73. The van der Waals surface area contributed by atoms with Crippen LogP contribution in [-0.2, 0) is 0 Å². The van der Waals surface area contributed by atoms with E-state index in [1.165, 1.54) is 24.3 Å². The Morgan fingerprint density at radius 1 is 1.00 bits per heavy atom. The zero-order chi connectivity index (χ0) is 14.5. The average molecular weight is 278 g/mol. The molecule has 0 fully saturated rings. The number of Topliss-reactive ketones (excluding diaryl/α,β-unsaturated/α-hetero) is 1. The Kier molecular flexibility index (Phi) is 4.42. The summed E-state index contributed by atoms with van der Waals surface area (Å²) in [5.41, 5.74) is 0.702. The highest BCUT2D eigenvalue weighted by Gasteiger charge is 2.19. The average Bonchev–Trinajstić information content (AvgIpc) is 2.47. The van der Waals surface area contributed by atoms with Gasteiger partial charge in [-0.05, 0) is 17.7 Å². The lowest BCUT2D eigenvalue weighted by Crippen LogP contribution is -2.12. The molecule has 0 aromatic heterocycles. The van der Waals surface area contributed by atoms with Crippen molar-refractivity contribution in [2.24, 2.45) is 0 Å². The number of hydrogen-bond donors (Lipinski definition) is 1. The van der Waals surface area contributed by atoms with Crippen LogP contribution in [0.1, 0.15) is 22.0 Å². The molecule has 5 heteroatoms. The molecule has 0 bridgehead atoms. The first-order valence-corrected chi connectivity index (χ1v) is 5.90. The third kappa shape index (κ3) is 3.39. The number of hydrogen-bond acceptors (Lipinski definition) is 3. The fourth-order valence-electron chi connectivity index (χ4n) is 1.74. The quantitative estimate of drug-likeness (QED) is 0.854. The van der Waals surface area contributed by atoms with Gasteiger partial charge >= 0.3 is 6.61 Å². The van der Waals surface area contributed by atoms with Crippen molar-refractivity contribution >= 4 is 5.78 Å². The fraction of sp³-hybridized carbons (Fsp3) is 0.133. The van der Waals surface area contributed by atoms with Gasteiger partial charge in [-0.25, -0.2) is 0 Å². The van der Waals surface area contributed by atoms with E-state index < -0.39 is 18.5 Å². The Bertz CT molecular complexity index is 567. The Balaban J connectivity index is 2.13. The minimum atomic E-state index is -2.91. The van der Waals surface area contributed by atoms with E-state index in [1.807, 2.05) is 0 Å². The molecule has 0 amide bonds. The van der Waals surface area contributed by atoms with Gasteiger partial charge in [0.25, 0.3) is 0 Å². The van der Waals surface area contributed by atoms with Crippen molar-refractivity contribution in [1.29, 1.82) is 0 Å². The summed E-state index contributed by atoms with van der Waals surface area (Å²) in [5, 5.41) is 9.98. The van der Waals surface area contributed by atoms with Crippen molar-refractivity contribution < 1.29 is 23.4 Å². The molecule has 0 saturated carbocycles. The smallest absolute Gasteiger partial charge is 0.387 e. The van der Waals surface area contributed by atoms with Crippen LogP contribution in [0.3, 0.4) is 0 Å². The molecule has 0 aliphatic heterocycles. The van der Waals surface area contributed by atoms with Crippen LogP contribution in [-0.4, -0.2) is 17.5 Å². The van der Waals surface area contributed by atoms with Gasteiger partial charge in [0.2, 0.25) is 0 Å². The lowest BCUT2D eigenvalue weighted by Gasteiger charge is -2.11. The first-order chi connectivity index (χ1) is 9.58. The molecule has 3 nitrogen and oxygen atoms in total. The predicted molar refractivity (Wildman–Crippen MR) is 68.8 cm³/mol. The number of ether oxygens (including phenoxy) is 1. The van der Waals surface area contributed by atoms with Crippen molar-refractivity contribution in [2.75, 3.05) is 0 Å². The number of aliphatic hydroxyl groups is 1. The van der Waals surface area contributed by atoms with Gasteiger partial charge in [-0.2, -0.15) is 8.78 Å². The highest BCUT2D eigenvalue weighted by Crippen LogP contribution is 2.22. The van der Waals surface area contributed by atoms with Crippen molar-refractivity contribution in [1.82, 2.24) is 0 Å². The van der Waals surface area contributed by atoms with Crippen LogP contribution in [0.4, 0.5) is 8.78 Å². The second-order valence-corrected chi connectivity index (χ2v) is 4.08. The van der Waals surface area contributed by atoms with Gasteiger partial charge in [-0.1, -0.05) is 42.5 Å². The minimum Gasteiger partial charge on any atom is -0.435 e. The number of benzene rings is 2. The monoisotopic (exact) mass is 278 g/mol. The predicted octanol–water partition coefficient (Wildman–Crippen LogP) is 3.20. The van der Waals surface area contributed by atoms with Crippen LogP contribution in [0.15, 0.2) is 54.6 Å². The molecule has 2 aromatic rings. The van der Waals surface area contributed by atoms with Crippen molar-refractivity contribution in [3.8, 4) is 5.75 Å². The molecule has 20 heavy (non-hydrogen) atoms. The van der Waals surface area contributed by atoms with Gasteiger partial charge in [-0.3, -0.25) is 4.79 Å². The summed E-state index contributed by atoms with van der Waals surface area (Å²) >= 11 is 0. The Hall–Kier alpha value is -2.27. The van der Waals surface area contributed by atoms with Gasteiger partial charge in [0, 0.05) is 5.56 Å². The van der Waals surface area contributed by atoms with Crippen LogP contribution in [0, 0.1) is 0 Å². The van der Waals surface area contributed by atoms with Crippen LogP contribution < -0.4 is 4.74 Å². The summed E-state index contributed by atoms with van der Waals surface area (Å²) in [6.07, 6.45) is -1.34. The van der Waals surface area contributed by atoms with Gasteiger partial charge in [0.15, 0.2) is 5.78 Å². The standard InChI is InChI=1S/C15H12F2O3/c16-15(17)20-12-8-6-11(7-9-12)14(19)13(18)10-4-2-1-3-5-10/h1-9,14-15,19H. The van der Waals surface area contributed by atoms with E-state index in [0.717, 1.165) is 0 Å². The summed E-state index contributed by atoms with van der Waals surface area (Å²) in [4.78, 5) is 12.0. The zero-order valence-electron chi connectivity index (χ0n) is 10.4. The Labute approximate surface area is 114 Å². The van der Waals surface area contributed by atoms with E-state index in [4.69, 9.17) is 0 Å². The molecule has 0 radical (unpaired) electrons. The van der Waals surface area contributed by atoms with Crippen LogP contribution in [0.5, 0.6) is 5.75 Å². The molecule has 0 saturated heterocycles. The molecule has 2 rings (SSSR count). The fourth-order valence-corrected chi connectivity index (χ4v) is 1.74. The van der Waals surface area contributed by atoms with Gasteiger partial charge < -0.3 is 9.84 Å². The van der Waals surface area contributed by atoms with Gasteiger partial charge in [-0.15, -0.1) is 0 Å². The highest BCUT2D eigenvalue weighted by molar-refractivity contribution is 5.99. The maximum atomic E-state index is 12.0. The molecular weight excluding hydrogens is 266 g/mol. The number of halogens is 2. The van der Waals surface area contributed by atoms with E-state index >= 15 is 0 Å². The number of aliphatic hydroxyl groups excluding tert-OH is 1. The Morgan fingerprint density at radius 2 is 1.60 bits per heavy atom. The first kappa shape index (κ1) is 14.1. The summed E-state index contributed by atoms with van der Waals surface area (Å²) in [6, 6.07) is 13.7. The maximum Gasteiger partial charge on any atom is 0.387 e. The summed E-state index contributed by atoms with van der Waals surface area (Å²) < 4.78 is 28.2. The van der Waals surface area contributed by atoms with Gasteiger partial charge in [0.1, 0.15) is 11.9 Å². The molecule has 0 aliphatic carbocycles. The summed E-state index contributed by atoms with van der Waals surface area (Å²) in [7, 11) is 0. The van der Waals surface area contributed by atoms with Crippen LogP contribution in [0.25, 0.3) is 0 Å². The largest absolute Gasteiger partial charge is 0.435 e. The van der Waals surface area contributed by atoms with Crippen molar-refractivity contribution in [3.05, 3.63) is 65.7 Å². The SMILES string of the molecule is O=C(c1ccccc1)C(O)c1ccc(OC(F)F)cc1. The van der Waals surface area contributed by atoms with Crippen LogP contribution >= 0.6 is 0 Å². The lowest BCUT2D eigenvalue weighted by atomic mass is 10.00. The molecule has 2 aromatic carbocycles. The van der Waals surface area contributed by atoms with Crippen molar-refractivity contribution in [2.45, 2.75) is 12.7 Å². The molecule has 0 heterocycles. The first-order valence-electron chi connectivity index (χ1n) is 5.90. The number of rotatable bonds is 5. The summed E-state index contributed by atoms with van der Waals surface area (Å²) in [5.74, 6) is -0.476. The molecule has 1 N–H and O–H groups in total. The second-order valence-electron chi connectivity index (χ2n) is 4.08. The minimum absolute atomic E-state index is 0.0249. The highest BCUT2D eigenvalue weighted by atomic mass is 19.3. The summed E-state index contributed by atoms with van der Waals surface area (Å²) in [6.45, 7) is -2.91. The topological polar surface area (TPSA) is 46.5 Å². The van der Waals surface area contributed by atoms with E-state index in [0.29, 0.717) is 11.1 Å². The number of carbonyl (C=O) groups is 1. The molecule has 0 aliphatic rings. The lowest BCUT2D eigenvalue weighted by molar-refractivity contribution is -0.0498. The van der Waals surface area contributed by atoms with E-state index in [9.17, 15) is 18.7 Å². The van der Waals surface area contributed by atoms with Gasteiger partial charge in [0.05, 0.1) is 0 Å². The molecular formula is C15H12F2O3. The third-order valence-electron chi connectivity index (χ3n) is 2.73. The number of carbonyl (C=O) groups excluding carboxylic acids is 1. The molecule has 1 atom stereocenters. The van der Waals surface area contributed by atoms with E-state index in [2.05, 4.69) is 4.74 Å². The zero-order valence-corrected chi connectivity index (χ0v) is 10.4. The maximum absolute atomic E-state index is 12.0. The molecule has 104 valence electrons. The second kappa shape index (κ2) is 6.25. The number of alkyl halides is 2. The van der Waals surface area contributed by atoms with Crippen molar-refractivity contribution in [3.63, 3.8) is 0 Å². The Morgan fingerprint density at radius 3 is 2.15 bits per heavy atom. The van der Waals surface area contributed by atoms with E-state index in [-0.39, 0.29) is 5.75 Å². The normalized spacial score (nSPS) is 12.2. The molecule has 1 unspecified atom stereocenters.